The smallest absolute Gasteiger partial charge is 0.335 e. The number of carbonyl (C=O) groups is 2. The third kappa shape index (κ3) is 3.46. The van der Waals surface area contributed by atoms with Gasteiger partial charge >= 0.3 is 5.97 Å². The predicted octanol–water partition coefficient (Wildman–Crippen LogP) is 2.28. The van der Waals surface area contributed by atoms with Gasteiger partial charge in [-0.2, -0.15) is 0 Å². The molecule has 24 heavy (non-hydrogen) atoms. The Kier molecular flexibility index (Phi) is 4.62. The molecule has 124 valence electrons. The zero-order chi connectivity index (χ0) is 17.1. The van der Waals surface area contributed by atoms with E-state index >= 15 is 0 Å². The van der Waals surface area contributed by atoms with E-state index in [9.17, 15) is 9.59 Å². The normalized spacial score (nSPS) is 17.6. The molecule has 0 aliphatic carbocycles. The summed E-state index contributed by atoms with van der Waals surface area (Å²) in [4.78, 5) is 23.4. The number of carboxylic acids is 1. The molecule has 0 spiro atoms. The van der Waals surface area contributed by atoms with Crippen LogP contribution in [0.2, 0.25) is 0 Å². The number of benzene rings is 2. The van der Waals surface area contributed by atoms with Crippen molar-refractivity contribution in [2.24, 2.45) is 0 Å². The molecule has 1 aliphatic rings. The van der Waals surface area contributed by atoms with Crippen molar-refractivity contribution in [2.45, 2.75) is 32.0 Å². The molecule has 2 aromatic rings. The van der Waals surface area contributed by atoms with Crippen LogP contribution in [0, 0.1) is 0 Å². The first-order chi connectivity index (χ1) is 11.5. The van der Waals surface area contributed by atoms with E-state index in [-0.39, 0.29) is 23.6 Å². The number of hydrogen-bond acceptors (Lipinski definition) is 3. The van der Waals surface area contributed by atoms with Gasteiger partial charge in [0.25, 0.3) is 0 Å². The number of carboxylic acid groups (broad SMARTS) is 1. The van der Waals surface area contributed by atoms with Crippen molar-refractivity contribution in [1.29, 1.82) is 0 Å². The highest BCUT2D eigenvalue weighted by molar-refractivity contribution is 5.87. The van der Waals surface area contributed by atoms with Crippen molar-refractivity contribution >= 4 is 11.9 Å². The minimum Gasteiger partial charge on any atom is -0.478 e. The number of rotatable bonds is 4. The van der Waals surface area contributed by atoms with Gasteiger partial charge in [-0.25, -0.2) is 4.79 Å². The third-order valence-electron chi connectivity index (χ3n) is 4.41. The summed E-state index contributed by atoms with van der Waals surface area (Å²) in [6, 6.07) is 14.3. The largest absolute Gasteiger partial charge is 0.478 e. The van der Waals surface area contributed by atoms with E-state index in [2.05, 4.69) is 22.8 Å². The topological polar surface area (TPSA) is 78.4 Å². The van der Waals surface area contributed by atoms with Crippen molar-refractivity contribution < 1.29 is 14.7 Å². The molecule has 0 saturated heterocycles. The number of aromatic carboxylic acids is 1. The molecular formula is C19H20N2O3. The summed E-state index contributed by atoms with van der Waals surface area (Å²) in [5.74, 6) is -0.998. The summed E-state index contributed by atoms with van der Waals surface area (Å²) in [7, 11) is 0. The standard InChI is InChI=1S/C19H20N2O3/c1-12(13-6-8-14(9-7-13)19(23)24)21-18(22)17-10-15-4-2-3-5-16(15)11-20-17/h2-9,12,17,20H,10-11H2,1H3,(H,21,22)(H,23,24)/t12-,17+/m0/s1. The quantitative estimate of drug-likeness (QED) is 0.806. The van der Waals surface area contributed by atoms with Crippen molar-refractivity contribution in [2.75, 3.05) is 0 Å². The molecule has 1 amide bonds. The molecule has 0 unspecified atom stereocenters. The van der Waals surface area contributed by atoms with Crippen LogP contribution in [0.5, 0.6) is 0 Å². The monoisotopic (exact) mass is 324 g/mol. The Morgan fingerprint density at radius 1 is 1.12 bits per heavy atom. The molecule has 3 rings (SSSR count). The number of amides is 1. The van der Waals surface area contributed by atoms with E-state index in [1.165, 1.54) is 11.1 Å². The molecular weight excluding hydrogens is 304 g/mol. The molecule has 3 N–H and O–H groups in total. The second kappa shape index (κ2) is 6.84. The van der Waals surface area contributed by atoms with Crippen LogP contribution in [0.1, 0.15) is 40.0 Å². The van der Waals surface area contributed by atoms with Crippen molar-refractivity contribution in [3.63, 3.8) is 0 Å². The van der Waals surface area contributed by atoms with Crippen LogP contribution >= 0.6 is 0 Å². The van der Waals surface area contributed by atoms with Crippen molar-refractivity contribution in [1.82, 2.24) is 10.6 Å². The minimum atomic E-state index is -0.955. The van der Waals surface area contributed by atoms with E-state index < -0.39 is 5.97 Å². The SMILES string of the molecule is C[C@H](NC(=O)[C@H]1Cc2ccccc2CN1)c1ccc(C(=O)O)cc1. The molecule has 1 aliphatic heterocycles. The molecule has 0 bridgehead atoms. The van der Waals surface area contributed by atoms with Gasteiger partial charge in [-0.1, -0.05) is 36.4 Å². The summed E-state index contributed by atoms with van der Waals surface area (Å²) >= 11 is 0. The van der Waals surface area contributed by atoms with Crippen LogP contribution in [-0.2, 0) is 17.8 Å². The van der Waals surface area contributed by atoms with E-state index in [0.717, 1.165) is 5.56 Å². The molecule has 0 saturated carbocycles. The number of hydrogen-bond donors (Lipinski definition) is 3. The average Bonchev–Trinajstić information content (AvgIpc) is 2.61. The van der Waals surface area contributed by atoms with Crippen LogP contribution in [-0.4, -0.2) is 23.0 Å². The molecule has 2 aromatic carbocycles. The van der Waals surface area contributed by atoms with E-state index in [0.29, 0.717) is 13.0 Å². The maximum Gasteiger partial charge on any atom is 0.335 e. The molecule has 5 nitrogen and oxygen atoms in total. The van der Waals surface area contributed by atoms with Crippen LogP contribution in [0.15, 0.2) is 48.5 Å². The maximum absolute atomic E-state index is 12.5. The molecule has 0 aromatic heterocycles. The first-order valence-electron chi connectivity index (χ1n) is 7.98. The van der Waals surface area contributed by atoms with E-state index in [1.54, 1.807) is 24.3 Å². The Labute approximate surface area is 140 Å². The summed E-state index contributed by atoms with van der Waals surface area (Å²) < 4.78 is 0. The van der Waals surface area contributed by atoms with Crippen molar-refractivity contribution in [3.05, 3.63) is 70.8 Å². The summed E-state index contributed by atoms with van der Waals surface area (Å²) in [6.07, 6.45) is 0.673. The Balaban J connectivity index is 1.63. The van der Waals surface area contributed by atoms with Gasteiger partial charge in [0, 0.05) is 6.54 Å². The summed E-state index contributed by atoms with van der Waals surface area (Å²) in [6.45, 7) is 2.58. The van der Waals surface area contributed by atoms with Crippen LogP contribution < -0.4 is 10.6 Å². The average molecular weight is 324 g/mol. The highest BCUT2D eigenvalue weighted by atomic mass is 16.4. The van der Waals surface area contributed by atoms with Gasteiger partial charge in [-0.05, 0) is 42.2 Å². The minimum absolute atomic E-state index is 0.0423. The van der Waals surface area contributed by atoms with E-state index in [4.69, 9.17) is 5.11 Å². The maximum atomic E-state index is 12.5. The third-order valence-corrected chi connectivity index (χ3v) is 4.41. The zero-order valence-electron chi connectivity index (χ0n) is 13.5. The van der Waals surface area contributed by atoms with Gasteiger partial charge in [0.1, 0.15) is 0 Å². The first kappa shape index (κ1) is 16.2. The van der Waals surface area contributed by atoms with Gasteiger partial charge in [-0.3, -0.25) is 4.79 Å². The van der Waals surface area contributed by atoms with Gasteiger partial charge < -0.3 is 15.7 Å². The second-order valence-electron chi connectivity index (χ2n) is 6.06. The molecule has 2 atom stereocenters. The highest BCUT2D eigenvalue weighted by Crippen LogP contribution is 2.18. The van der Waals surface area contributed by atoms with Crippen molar-refractivity contribution in [3.8, 4) is 0 Å². The fourth-order valence-corrected chi connectivity index (χ4v) is 2.95. The van der Waals surface area contributed by atoms with Gasteiger partial charge in [-0.15, -0.1) is 0 Å². The number of carbonyl (C=O) groups excluding carboxylic acids is 1. The molecule has 5 heteroatoms. The Morgan fingerprint density at radius 2 is 1.79 bits per heavy atom. The molecule has 0 fully saturated rings. The zero-order valence-corrected chi connectivity index (χ0v) is 13.5. The van der Waals surface area contributed by atoms with Crippen LogP contribution in [0.3, 0.4) is 0 Å². The van der Waals surface area contributed by atoms with E-state index in [1.807, 2.05) is 19.1 Å². The summed E-state index contributed by atoms with van der Waals surface area (Å²) in [5.41, 5.74) is 3.56. The lowest BCUT2D eigenvalue weighted by Crippen LogP contribution is -2.48. The number of fused-ring (bicyclic) bond motifs is 1. The fourth-order valence-electron chi connectivity index (χ4n) is 2.95. The highest BCUT2D eigenvalue weighted by Gasteiger charge is 2.25. The van der Waals surface area contributed by atoms with Gasteiger partial charge in [0.2, 0.25) is 5.91 Å². The lowest BCUT2D eigenvalue weighted by molar-refractivity contribution is -0.124. The lowest BCUT2D eigenvalue weighted by Gasteiger charge is -2.26. The Morgan fingerprint density at radius 3 is 2.46 bits per heavy atom. The lowest BCUT2D eigenvalue weighted by atomic mass is 9.95. The second-order valence-corrected chi connectivity index (χ2v) is 6.06. The summed E-state index contributed by atoms with van der Waals surface area (Å²) in [5, 5.41) is 15.2. The first-order valence-corrected chi connectivity index (χ1v) is 7.98. The molecule has 0 radical (unpaired) electrons. The number of nitrogens with one attached hydrogen (secondary N) is 2. The Hall–Kier alpha value is -2.66. The predicted molar refractivity (Wildman–Crippen MR) is 90.7 cm³/mol. The van der Waals surface area contributed by atoms with Crippen LogP contribution in [0.25, 0.3) is 0 Å². The van der Waals surface area contributed by atoms with Gasteiger partial charge in [0.05, 0.1) is 17.6 Å². The molecule has 1 heterocycles. The van der Waals surface area contributed by atoms with Gasteiger partial charge in [0.15, 0.2) is 0 Å². The Bertz CT molecular complexity index is 755. The fraction of sp³-hybridized carbons (Fsp3) is 0.263. The van der Waals surface area contributed by atoms with Crippen LogP contribution in [0.4, 0.5) is 0 Å².